The Morgan fingerprint density at radius 1 is 1.07 bits per heavy atom. The number of carboxylic acids is 1. The Kier molecular flexibility index (Phi) is 5.13. The molecule has 0 unspecified atom stereocenters. The van der Waals surface area contributed by atoms with Crippen molar-refractivity contribution in [2.75, 3.05) is 19.8 Å². The highest BCUT2D eigenvalue weighted by molar-refractivity contribution is 6.30. The lowest BCUT2D eigenvalue weighted by atomic mass is 9.72. The quantitative estimate of drug-likeness (QED) is 0.855. The predicted octanol–water partition coefficient (Wildman–Crippen LogP) is 3.67. The molecule has 2 aliphatic heterocycles. The number of nitrogens with zero attached hydrogens (tertiary/aromatic N) is 1. The Labute approximate surface area is 168 Å². The number of hydrogen-bond acceptors (Lipinski definition) is 3. The normalized spacial score (nSPS) is 18.4. The molecule has 0 aliphatic carbocycles. The van der Waals surface area contributed by atoms with Gasteiger partial charge in [-0.25, -0.2) is 4.79 Å². The number of fused-ring (bicyclic) bond motifs is 1. The lowest BCUT2D eigenvalue weighted by Crippen LogP contribution is -2.51. The predicted molar refractivity (Wildman–Crippen MR) is 106 cm³/mol. The lowest BCUT2D eigenvalue weighted by Gasteiger charge is -2.41. The zero-order valence-corrected chi connectivity index (χ0v) is 16.2. The molecule has 2 aromatic rings. The molecule has 2 aromatic carbocycles. The lowest BCUT2D eigenvalue weighted by molar-refractivity contribution is -0.142. The van der Waals surface area contributed by atoms with Crippen LogP contribution in [0.1, 0.15) is 39.9 Å². The largest absolute Gasteiger partial charge is 0.478 e. The van der Waals surface area contributed by atoms with E-state index in [1.165, 1.54) is 0 Å². The van der Waals surface area contributed by atoms with E-state index in [9.17, 15) is 14.7 Å². The van der Waals surface area contributed by atoms with Crippen LogP contribution in [0.15, 0.2) is 42.5 Å². The van der Waals surface area contributed by atoms with Gasteiger partial charge in [0, 0.05) is 31.3 Å². The molecule has 0 radical (unpaired) electrons. The number of hydrogen-bond donors (Lipinski definition) is 1. The Balaban J connectivity index is 1.66. The number of halogens is 1. The van der Waals surface area contributed by atoms with Crippen LogP contribution in [0.25, 0.3) is 0 Å². The molecule has 4 rings (SSSR count). The molecule has 1 fully saturated rings. The van der Waals surface area contributed by atoms with Crippen LogP contribution in [0.5, 0.6) is 0 Å². The second-order valence-corrected chi connectivity index (χ2v) is 7.91. The highest BCUT2D eigenvalue weighted by Gasteiger charge is 2.44. The van der Waals surface area contributed by atoms with Gasteiger partial charge in [-0.1, -0.05) is 29.8 Å². The number of carbonyl (C=O) groups is 2. The third-order valence-corrected chi connectivity index (χ3v) is 6.12. The summed E-state index contributed by atoms with van der Waals surface area (Å²) in [5.74, 6) is -0.879. The molecule has 1 saturated heterocycles. The second kappa shape index (κ2) is 7.57. The van der Waals surface area contributed by atoms with Crippen LogP contribution in [-0.2, 0) is 27.9 Å². The molecule has 5 nitrogen and oxygen atoms in total. The first-order chi connectivity index (χ1) is 13.5. The number of amides is 1. The van der Waals surface area contributed by atoms with E-state index in [0.29, 0.717) is 44.2 Å². The maximum absolute atomic E-state index is 13.7. The van der Waals surface area contributed by atoms with E-state index in [4.69, 9.17) is 16.3 Å². The van der Waals surface area contributed by atoms with Crippen molar-refractivity contribution in [2.45, 2.75) is 31.2 Å². The molecule has 28 heavy (non-hydrogen) atoms. The number of ether oxygens (including phenoxy) is 1. The monoisotopic (exact) mass is 399 g/mol. The number of benzene rings is 2. The van der Waals surface area contributed by atoms with E-state index in [1.807, 2.05) is 35.2 Å². The summed E-state index contributed by atoms with van der Waals surface area (Å²) in [4.78, 5) is 26.9. The van der Waals surface area contributed by atoms with E-state index >= 15 is 0 Å². The van der Waals surface area contributed by atoms with Crippen LogP contribution in [0.3, 0.4) is 0 Å². The maximum atomic E-state index is 13.7. The Bertz CT molecular complexity index is 921. The minimum Gasteiger partial charge on any atom is -0.478 e. The molecule has 6 heteroatoms. The van der Waals surface area contributed by atoms with Crippen LogP contribution in [0.2, 0.25) is 5.02 Å². The average molecular weight is 400 g/mol. The van der Waals surface area contributed by atoms with Crippen LogP contribution in [0.4, 0.5) is 0 Å². The first-order valence-corrected chi connectivity index (χ1v) is 9.86. The van der Waals surface area contributed by atoms with Gasteiger partial charge in [-0.3, -0.25) is 4.79 Å². The van der Waals surface area contributed by atoms with Gasteiger partial charge in [0.2, 0.25) is 5.91 Å². The molecular formula is C22H22ClNO4. The number of rotatable bonds is 3. The van der Waals surface area contributed by atoms with Crippen LogP contribution >= 0.6 is 11.6 Å². The fourth-order valence-electron chi connectivity index (χ4n) is 4.30. The van der Waals surface area contributed by atoms with Gasteiger partial charge in [0.15, 0.2) is 0 Å². The molecule has 0 spiro atoms. The van der Waals surface area contributed by atoms with Gasteiger partial charge >= 0.3 is 5.97 Å². The Morgan fingerprint density at radius 2 is 1.86 bits per heavy atom. The summed E-state index contributed by atoms with van der Waals surface area (Å²) >= 11 is 6.22. The standard InChI is InChI=1S/C22H22ClNO4/c23-19-3-1-2-18(13-19)22(7-10-28-11-8-22)21(27)24-9-6-15-4-5-16(20(25)26)12-17(15)14-24/h1-5,12-13H,6-11,14H2,(H,25,26). The van der Waals surface area contributed by atoms with Crippen LogP contribution < -0.4 is 0 Å². The topological polar surface area (TPSA) is 66.8 Å². The summed E-state index contributed by atoms with van der Waals surface area (Å²) in [5.41, 5.74) is 2.55. The first-order valence-electron chi connectivity index (χ1n) is 9.48. The van der Waals surface area contributed by atoms with Gasteiger partial charge in [-0.15, -0.1) is 0 Å². The summed E-state index contributed by atoms with van der Waals surface area (Å²) in [6, 6.07) is 12.7. The molecule has 0 saturated carbocycles. The van der Waals surface area contributed by atoms with Crippen molar-refractivity contribution in [3.8, 4) is 0 Å². The minimum atomic E-state index is -0.953. The molecule has 146 valence electrons. The molecule has 2 aliphatic rings. The smallest absolute Gasteiger partial charge is 0.335 e. The molecule has 0 aromatic heterocycles. The number of carboxylic acid groups (broad SMARTS) is 1. The fraction of sp³-hybridized carbons (Fsp3) is 0.364. The zero-order chi connectivity index (χ0) is 19.7. The molecule has 1 N–H and O–H groups in total. The first kappa shape index (κ1) is 19.0. The Hall–Kier alpha value is -2.37. The minimum absolute atomic E-state index is 0.0736. The van der Waals surface area contributed by atoms with Crippen molar-refractivity contribution >= 4 is 23.5 Å². The van der Waals surface area contributed by atoms with Crippen molar-refractivity contribution < 1.29 is 19.4 Å². The van der Waals surface area contributed by atoms with Gasteiger partial charge in [0.25, 0.3) is 0 Å². The van der Waals surface area contributed by atoms with Crippen molar-refractivity contribution in [3.63, 3.8) is 0 Å². The van der Waals surface area contributed by atoms with E-state index in [2.05, 4.69) is 0 Å². The third kappa shape index (κ3) is 3.40. The average Bonchev–Trinajstić information content (AvgIpc) is 2.72. The van der Waals surface area contributed by atoms with Gasteiger partial charge in [-0.2, -0.15) is 0 Å². The van der Waals surface area contributed by atoms with Crippen LogP contribution in [-0.4, -0.2) is 41.6 Å². The second-order valence-electron chi connectivity index (χ2n) is 7.47. The van der Waals surface area contributed by atoms with Gasteiger partial charge in [0.05, 0.1) is 11.0 Å². The van der Waals surface area contributed by atoms with Crippen molar-refractivity contribution in [2.24, 2.45) is 0 Å². The third-order valence-electron chi connectivity index (χ3n) is 5.89. The van der Waals surface area contributed by atoms with Crippen molar-refractivity contribution in [3.05, 3.63) is 69.7 Å². The number of aromatic carboxylic acids is 1. The summed E-state index contributed by atoms with van der Waals surface area (Å²) in [5, 5.41) is 9.89. The Morgan fingerprint density at radius 3 is 2.57 bits per heavy atom. The fourth-order valence-corrected chi connectivity index (χ4v) is 4.49. The number of carbonyl (C=O) groups excluding carboxylic acids is 1. The van der Waals surface area contributed by atoms with Gasteiger partial charge in [-0.05, 0) is 60.2 Å². The van der Waals surface area contributed by atoms with E-state index in [-0.39, 0.29) is 11.5 Å². The molecule has 0 atom stereocenters. The van der Waals surface area contributed by atoms with Crippen molar-refractivity contribution in [1.29, 1.82) is 0 Å². The summed E-state index contributed by atoms with van der Waals surface area (Å²) < 4.78 is 5.54. The van der Waals surface area contributed by atoms with Crippen molar-refractivity contribution in [1.82, 2.24) is 4.90 Å². The summed E-state index contributed by atoms with van der Waals surface area (Å²) in [7, 11) is 0. The van der Waals surface area contributed by atoms with Gasteiger partial charge < -0.3 is 14.7 Å². The summed E-state index contributed by atoms with van der Waals surface area (Å²) in [6.07, 6.45) is 1.96. The maximum Gasteiger partial charge on any atom is 0.335 e. The highest BCUT2D eigenvalue weighted by atomic mass is 35.5. The van der Waals surface area contributed by atoms with E-state index in [0.717, 1.165) is 23.1 Å². The highest BCUT2D eigenvalue weighted by Crippen LogP contribution is 2.39. The molecule has 0 bridgehead atoms. The summed E-state index contributed by atoms with van der Waals surface area (Å²) in [6.45, 7) is 2.12. The van der Waals surface area contributed by atoms with Crippen LogP contribution in [0, 0.1) is 0 Å². The van der Waals surface area contributed by atoms with E-state index in [1.54, 1.807) is 12.1 Å². The SMILES string of the molecule is O=C(O)c1ccc2c(c1)CN(C(=O)C1(c3cccc(Cl)c3)CCOCC1)CC2. The van der Waals surface area contributed by atoms with E-state index < -0.39 is 11.4 Å². The molecule has 2 heterocycles. The van der Waals surface area contributed by atoms with Gasteiger partial charge in [0.1, 0.15) is 0 Å². The molecule has 1 amide bonds. The molecular weight excluding hydrogens is 378 g/mol. The zero-order valence-electron chi connectivity index (χ0n) is 15.5.